The summed E-state index contributed by atoms with van der Waals surface area (Å²) < 4.78 is 15.3. The van der Waals surface area contributed by atoms with Crippen LogP contribution >= 0.6 is 0 Å². The van der Waals surface area contributed by atoms with E-state index in [1.165, 1.54) is 12.1 Å². The van der Waals surface area contributed by atoms with E-state index in [4.69, 9.17) is 0 Å². The van der Waals surface area contributed by atoms with Crippen molar-refractivity contribution in [3.63, 3.8) is 0 Å². The normalized spacial score (nSPS) is 22.0. The number of hydrogen-bond acceptors (Lipinski definition) is 3. The Hall–Kier alpha value is -2.21. The van der Waals surface area contributed by atoms with Crippen molar-refractivity contribution in [3.05, 3.63) is 54.1 Å². The molecule has 1 N–H and O–H groups in total. The fraction of sp³-hybridized carbons (Fsp3) is 0.474. The lowest BCUT2D eigenvalue weighted by atomic mass is 10.0. The highest BCUT2D eigenvalue weighted by Gasteiger charge is 2.37. The maximum absolute atomic E-state index is 13.4. The second kappa shape index (κ2) is 6.96. The van der Waals surface area contributed by atoms with Crippen LogP contribution in [0, 0.1) is 5.82 Å². The Bertz CT molecular complexity index is 712. The number of hydrogen-bond donors (Lipinski definition) is 1. The van der Waals surface area contributed by atoms with Crippen LogP contribution in [-0.4, -0.2) is 39.2 Å². The van der Waals surface area contributed by atoms with Gasteiger partial charge in [-0.05, 0) is 56.0 Å². The van der Waals surface area contributed by atoms with Crippen molar-refractivity contribution in [2.24, 2.45) is 0 Å². The first-order valence-corrected chi connectivity index (χ1v) is 9.00. The Morgan fingerprint density at radius 1 is 1.28 bits per heavy atom. The lowest BCUT2D eigenvalue weighted by Crippen LogP contribution is -2.44. The molecular weight excluding hydrogens is 319 g/mol. The van der Waals surface area contributed by atoms with Crippen LogP contribution in [0.5, 0.6) is 0 Å². The molecule has 6 heteroatoms. The van der Waals surface area contributed by atoms with Gasteiger partial charge in [0.05, 0.1) is 6.54 Å². The Balaban J connectivity index is 1.59. The van der Waals surface area contributed by atoms with Crippen LogP contribution in [-0.2, 0) is 11.3 Å². The summed E-state index contributed by atoms with van der Waals surface area (Å²) in [5.41, 5.74) is 0.854. The molecule has 1 saturated heterocycles. The molecule has 1 aromatic carbocycles. The molecule has 2 fully saturated rings. The van der Waals surface area contributed by atoms with Gasteiger partial charge >= 0.3 is 0 Å². The SMILES string of the molecule is O=C(NC1CC1)[C@@H](c1ccc(F)cc1)N1CCC[C@@H]1Cn1cccn1. The highest BCUT2D eigenvalue weighted by Crippen LogP contribution is 2.32. The van der Waals surface area contributed by atoms with Gasteiger partial charge in [-0.25, -0.2) is 4.39 Å². The Labute approximate surface area is 146 Å². The number of carbonyl (C=O) groups excluding carboxylic acids is 1. The zero-order valence-corrected chi connectivity index (χ0v) is 14.1. The first-order chi connectivity index (χ1) is 12.2. The van der Waals surface area contributed by atoms with E-state index in [0.29, 0.717) is 6.04 Å². The van der Waals surface area contributed by atoms with Crippen molar-refractivity contribution in [2.45, 2.75) is 50.4 Å². The van der Waals surface area contributed by atoms with E-state index >= 15 is 0 Å². The highest BCUT2D eigenvalue weighted by atomic mass is 19.1. The first-order valence-electron chi connectivity index (χ1n) is 9.00. The van der Waals surface area contributed by atoms with Crippen molar-refractivity contribution < 1.29 is 9.18 Å². The van der Waals surface area contributed by atoms with Gasteiger partial charge in [-0.1, -0.05) is 12.1 Å². The molecule has 5 nitrogen and oxygen atoms in total. The molecule has 0 radical (unpaired) electrons. The summed E-state index contributed by atoms with van der Waals surface area (Å²) in [4.78, 5) is 15.2. The standard InChI is InChI=1S/C19H23FN4O/c20-15-6-4-14(5-7-15)18(19(25)22-16-8-9-16)24-12-1-3-17(24)13-23-11-2-10-21-23/h2,4-7,10-11,16-18H,1,3,8-9,12-13H2,(H,22,25)/t17-,18-/m1/s1. The van der Waals surface area contributed by atoms with E-state index in [9.17, 15) is 9.18 Å². The van der Waals surface area contributed by atoms with Gasteiger partial charge in [-0.15, -0.1) is 0 Å². The van der Waals surface area contributed by atoms with E-state index in [-0.39, 0.29) is 23.8 Å². The van der Waals surface area contributed by atoms with Crippen LogP contribution in [0.3, 0.4) is 0 Å². The van der Waals surface area contributed by atoms with Gasteiger partial charge in [0.1, 0.15) is 11.9 Å². The van der Waals surface area contributed by atoms with Crippen LogP contribution < -0.4 is 5.32 Å². The van der Waals surface area contributed by atoms with Crippen molar-refractivity contribution >= 4 is 5.91 Å². The van der Waals surface area contributed by atoms with Gasteiger partial charge in [-0.3, -0.25) is 14.4 Å². The van der Waals surface area contributed by atoms with E-state index in [1.807, 2.05) is 16.9 Å². The number of likely N-dealkylation sites (tertiary alicyclic amines) is 1. The van der Waals surface area contributed by atoms with E-state index in [1.54, 1.807) is 18.3 Å². The van der Waals surface area contributed by atoms with Crippen molar-refractivity contribution in [3.8, 4) is 0 Å². The number of halogens is 1. The molecule has 2 aromatic rings. The van der Waals surface area contributed by atoms with Gasteiger partial charge in [0.15, 0.2) is 0 Å². The third-order valence-corrected chi connectivity index (χ3v) is 5.07. The fourth-order valence-electron chi connectivity index (χ4n) is 3.66. The molecule has 4 rings (SSSR count). The number of benzene rings is 1. The minimum atomic E-state index is -0.371. The zero-order chi connectivity index (χ0) is 17.2. The number of carbonyl (C=O) groups is 1. The molecule has 1 amide bonds. The molecule has 1 saturated carbocycles. The predicted molar refractivity (Wildman–Crippen MR) is 92.3 cm³/mol. The fourth-order valence-corrected chi connectivity index (χ4v) is 3.66. The number of nitrogens with zero attached hydrogens (tertiary/aromatic N) is 3. The van der Waals surface area contributed by atoms with Gasteiger partial charge < -0.3 is 5.32 Å². The molecule has 1 aliphatic carbocycles. The maximum atomic E-state index is 13.4. The molecule has 2 aliphatic rings. The maximum Gasteiger partial charge on any atom is 0.242 e. The number of nitrogens with one attached hydrogen (secondary N) is 1. The van der Waals surface area contributed by atoms with Crippen molar-refractivity contribution in [1.82, 2.24) is 20.0 Å². The Morgan fingerprint density at radius 2 is 2.08 bits per heavy atom. The van der Waals surface area contributed by atoms with Crippen LogP contribution in [0.1, 0.15) is 37.3 Å². The Morgan fingerprint density at radius 3 is 2.76 bits per heavy atom. The van der Waals surface area contributed by atoms with Crippen LogP contribution in [0.25, 0.3) is 0 Å². The van der Waals surface area contributed by atoms with E-state index < -0.39 is 0 Å². The molecule has 132 valence electrons. The summed E-state index contributed by atoms with van der Waals surface area (Å²) in [7, 11) is 0. The average molecular weight is 342 g/mol. The zero-order valence-electron chi connectivity index (χ0n) is 14.1. The van der Waals surface area contributed by atoms with Crippen LogP contribution in [0.15, 0.2) is 42.7 Å². The largest absolute Gasteiger partial charge is 0.352 e. The van der Waals surface area contributed by atoms with Gasteiger partial charge in [0, 0.05) is 24.5 Å². The number of amides is 1. The molecule has 0 unspecified atom stereocenters. The second-order valence-electron chi connectivity index (χ2n) is 7.00. The lowest BCUT2D eigenvalue weighted by molar-refractivity contribution is -0.127. The quantitative estimate of drug-likeness (QED) is 0.878. The Kier molecular flexibility index (Phi) is 4.53. The van der Waals surface area contributed by atoms with Gasteiger partial charge in [-0.2, -0.15) is 5.10 Å². The highest BCUT2D eigenvalue weighted by molar-refractivity contribution is 5.83. The molecule has 1 aliphatic heterocycles. The molecule has 0 spiro atoms. The molecule has 0 bridgehead atoms. The third kappa shape index (κ3) is 3.74. The van der Waals surface area contributed by atoms with Crippen LogP contribution in [0.2, 0.25) is 0 Å². The monoisotopic (exact) mass is 342 g/mol. The molecule has 25 heavy (non-hydrogen) atoms. The topological polar surface area (TPSA) is 50.2 Å². The summed E-state index contributed by atoms with van der Waals surface area (Å²) in [6, 6.07) is 8.44. The van der Waals surface area contributed by atoms with Gasteiger partial charge in [0.2, 0.25) is 5.91 Å². The number of aromatic nitrogens is 2. The van der Waals surface area contributed by atoms with Crippen molar-refractivity contribution in [1.29, 1.82) is 0 Å². The molecule has 2 atom stereocenters. The van der Waals surface area contributed by atoms with E-state index in [0.717, 1.165) is 44.3 Å². The minimum Gasteiger partial charge on any atom is -0.352 e. The van der Waals surface area contributed by atoms with Gasteiger partial charge in [0.25, 0.3) is 0 Å². The molecule has 1 aromatic heterocycles. The molecular formula is C19H23FN4O. The summed E-state index contributed by atoms with van der Waals surface area (Å²) >= 11 is 0. The smallest absolute Gasteiger partial charge is 0.242 e. The summed E-state index contributed by atoms with van der Waals surface area (Å²) in [5.74, 6) is -0.249. The summed E-state index contributed by atoms with van der Waals surface area (Å²) in [5, 5.41) is 7.43. The second-order valence-corrected chi connectivity index (χ2v) is 7.00. The van der Waals surface area contributed by atoms with Crippen LogP contribution in [0.4, 0.5) is 4.39 Å². The number of rotatable bonds is 6. The third-order valence-electron chi connectivity index (χ3n) is 5.07. The summed E-state index contributed by atoms with van der Waals surface area (Å²) in [6.45, 7) is 1.63. The average Bonchev–Trinajstić information content (AvgIpc) is 3.08. The lowest BCUT2D eigenvalue weighted by Gasteiger charge is -2.32. The van der Waals surface area contributed by atoms with E-state index in [2.05, 4.69) is 15.3 Å². The predicted octanol–water partition coefficient (Wildman–Crippen LogP) is 2.51. The molecule has 2 heterocycles. The van der Waals surface area contributed by atoms with Crippen molar-refractivity contribution in [2.75, 3.05) is 6.54 Å². The minimum absolute atomic E-state index is 0.0291. The first kappa shape index (κ1) is 16.3. The summed E-state index contributed by atoms with van der Waals surface area (Å²) in [6.07, 6.45) is 7.93.